The lowest BCUT2D eigenvalue weighted by molar-refractivity contribution is -0.120. The number of hydrogen-bond acceptors (Lipinski definition) is 4. The molecule has 0 unspecified atom stereocenters. The molecule has 2 aliphatic rings. The second kappa shape index (κ2) is 7.44. The predicted octanol–water partition coefficient (Wildman–Crippen LogP) is 2.33. The first kappa shape index (κ1) is 18.2. The van der Waals surface area contributed by atoms with Crippen LogP contribution >= 0.6 is 0 Å². The van der Waals surface area contributed by atoms with Gasteiger partial charge in [-0.15, -0.1) is 0 Å². The third-order valence-corrected chi connectivity index (χ3v) is 7.06. The van der Waals surface area contributed by atoms with Crippen molar-refractivity contribution in [1.82, 2.24) is 14.1 Å². The lowest BCUT2D eigenvalue weighted by Gasteiger charge is -2.31. The second-order valence-corrected chi connectivity index (χ2v) is 9.34. The van der Waals surface area contributed by atoms with E-state index in [4.69, 9.17) is 0 Å². The molecule has 144 valence electrons. The number of carbonyl (C=O) groups excluding carboxylic acids is 1. The largest absolute Gasteiger partial charge is 0.323 e. The molecule has 1 aliphatic carbocycles. The van der Waals surface area contributed by atoms with Gasteiger partial charge >= 0.3 is 0 Å². The Morgan fingerprint density at radius 1 is 1.19 bits per heavy atom. The minimum Gasteiger partial charge on any atom is -0.323 e. The summed E-state index contributed by atoms with van der Waals surface area (Å²) >= 11 is 0. The molecular weight excluding hydrogens is 364 g/mol. The fourth-order valence-corrected chi connectivity index (χ4v) is 5.00. The van der Waals surface area contributed by atoms with Crippen molar-refractivity contribution in [2.24, 2.45) is 11.8 Å². The van der Waals surface area contributed by atoms with Crippen molar-refractivity contribution in [2.75, 3.05) is 18.4 Å². The first-order chi connectivity index (χ1) is 13.0. The molecule has 2 aromatic rings. The highest BCUT2D eigenvalue weighted by molar-refractivity contribution is 7.89. The van der Waals surface area contributed by atoms with E-state index in [0.717, 1.165) is 6.54 Å². The van der Waals surface area contributed by atoms with Crippen molar-refractivity contribution >= 4 is 21.6 Å². The van der Waals surface area contributed by atoms with Gasteiger partial charge in [-0.05, 0) is 43.7 Å². The van der Waals surface area contributed by atoms with E-state index in [2.05, 4.69) is 10.4 Å². The van der Waals surface area contributed by atoms with E-state index in [1.54, 1.807) is 36.5 Å². The van der Waals surface area contributed by atoms with Gasteiger partial charge in [0.25, 0.3) is 0 Å². The topological polar surface area (TPSA) is 84.3 Å². The highest BCUT2D eigenvalue weighted by Crippen LogP contribution is 2.30. The van der Waals surface area contributed by atoms with Gasteiger partial charge in [-0.3, -0.25) is 9.48 Å². The van der Waals surface area contributed by atoms with Gasteiger partial charge in [0.1, 0.15) is 0 Å². The molecule has 4 rings (SSSR count). The number of carbonyl (C=O) groups is 1. The zero-order chi connectivity index (χ0) is 18.9. The molecule has 0 spiro atoms. The van der Waals surface area contributed by atoms with Crippen LogP contribution in [0.15, 0.2) is 47.6 Å². The lowest BCUT2D eigenvalue weighted by Crippen LogP contribution is -2.43. The van der Waals surface area contributed by atoms with Gasteiger partial charge in [-0.2, -0.15) is 9.40 Å². The monoisotopic (exact) mass is 388 g/mol. The smallest absolute Gasteiger partial charge is 0.243 e. The molecule has 2 fully saturated rings. The highest BCUT2D eigenvalue weighted by Gasteiger charge is 2.33. The maximum Gasteiger partial charge on any atom is 0.243 e. The molecule has 1 saturated carbocycles. The third-order valence-electron chi connectivity index (χ3n) is 5.18. The standard InChI is InChI=1S/C19H24N4O3S/c24-19(21-17-11-20-22(14-17)12-15-8-9-15)16-5-4-10-23(13-16)27(25,26)18-6-2-1-3-7-18/h1-3,6-7,11,14-16H,4-5,8-10,12-13H2,(H,21,24)/t16-/m0/s1. The number of nitrogens with one attached hydrogen (secondary N) is 1. The summed E-state index contributed by atoms with van der Waals surface area (Å²) in [4.78, 5) is 12.9. The number of nitrogens with zero attached hydrogens (tertiary/aromatic N) is 3. The Morgan fingerprint density at radius 3 is 2.70 bits per heavy atom. The molecule has 7 nitrogen and oxygen atoms in total. The van der Waals surface area contributed by atoms with Crippen LogP contribution in [-0.2, 0) is 21.4 Å². The minimum absolute atomic E-state index is 0.145. The van der Waals surface area contributed by atoms with Gasteiger partial charge in [0.05, 0.1) is 22.7 Å². The number of aromatic nitrogens is 2. The van der Waals surface area contributed by atoms with E-state index in [-0.39, 0.29) is 23.3 Å². The van der Waals surface area contributed by atoms with Crippen LogP contribution in [0.25, 0.3) is 0 Å². The number of piperidine rings is 1. The van der Waals surface area contributed by atoms with Crippen molar-refractivity contribution in [2.45, 2.75) is 37.1 Å². The van der Waals surface area contributed by atoms with Gasteiger partial charge in [0.2, 0.25) is 15.9 Å². The Hall–Kier alpha value is -2.19. The summed E-state index contributed by atoms with van der Waals surface area (Å²) < 4.78 is 28.9. The van der Waals surface area contributed by atoms with E-state index >= 15 is 0 Å². The van der Waals surface area contributed by atoms with Gasteiger partial charge in [-0.1, -0.05) is 18.2 Å². The van der Waals surface area contributed by atoms with Crippen molar-refractivity contribution in [3.8, 4) is 0 Å². The molecule has 27 heavy (non-hydrogen) atoms. The fraction of sp³-hybridized carbons (Fsp3) is 0.474. The molecule has 0 bridgehead atoms. The van der Waals surface area contributed by atoms with Crippen LogP contribution in [0.3, 0.4) is 0 Å². The van der Waals surface area contributed by atoms with Crippen LogP contribution in [-0.4, -0.2) is 41.5 Å². The molecule has 1 aliphatic heterocycles. The summed E-state index contributed by atoms with van der Waals surface area (Å²) in [5.41, 5.74) is 0.670. The average Bonchev–Trinajstić information content (AvgIpc) is 3.40. The van der Waals surface area contributed by atoms with Crippen LogP contribution < -0.4 is 5.32 Å². The summed E-state index contributed by atoms with van der Waals surface area (Å²) in [6.07, 6.45) is 7.34. The van der Waals surface area contributed by atoms with Crippen molar-refractivity contribution in [1.29, 1.82) is 0 Å². The summed E-state index contributed by atoms with van der Waals surface area (Å²) in [7, 11) is -3.57. The number of amides is 1. The number of hydrogen-bond donors (Lipinski definition) is 1. The first-order valence-corrected chi connectivity index (χ1v) is 10.8. The van der Waals surface area contributed by atoms with Crippen LogP contribution in [0.1, 0.15) is 25.7 Å². The molecule has 1 amide bonds. The van der Waals surface area contributed by atoms with Gasteiger partial charge in [-0.25, -0.2) is 8.42 Å². The highest BCUT2D eigenvalue weighted by atomic mass is 32.2. The lowest BCUT2D eigenvalue weighted by atomic mass is 9.99. The normalized spacial score (nSPS) is 21.1. The van der Waals surface area contributed by atoms with Crippen molar-refractivity contribution < 1.29 is 13.2 Å². The zero-order valence-corrected chi connectivity index (χ0v) is 15.9. The Kier molecular flexibility index (Phi) is 5.01. The quantitative estimate of drug-likeness (QED) is 0.823. The van der Waals surface area contributed by atoms with Gasteiger partial charge in [0.15, 0.2) is 0 Å². The zero-order valence-electron chi connectivity index (χ0n) is 15.1. The molecule has 8 heteroatoms. The Balaban J connectivity index is 1.40. The van der Waals surface area contributed by atoms with Crippen LogP contribution in [0, 0.1) is 11.8 Å². The molecule has 1 aromatic carbocycles. The predicted molar refractivity (Wildman–Crippen MR) is 102 cm³/mol. The summed E-state index contributed by atoms with van der Waals surface area (Å²) in [6.45, 7) is 1.54. The third kappa shape index (κ3) is 4.22. The Morgan fingerprint density at radius 2 is 1.96 bits per heavy atom. The maximum atomic E-state index is 12.8. The SMILES string of the molecule is O=C(Nc1cnn(CC2CC2)c1)[C@H]1CCCN(S(=O)(=O)c2ccccc2)C1. The van der Waals surface area contributed by atoms with Crippen LogP contribution in [0.5, 0.6) is 0 Å². The summed E-state index contributed by atoms with van der Waals surface area (Å²) in [6, 6.07) is 8.38. The number of anilines is 1. The van der Waals surface area contributed by atoms with Gasteiger partial charge in [0, 0.05) is 25.8 Å². The van der Waals surface area contributed by atoms with Crippen LogP contribution in [0.2, 0.25) is 0 Å². The van der Waals surface area contributed by atoms with E-state index in [9.17, 15) is 13.2 Å². The number of sulfonamides is 1. The molecular formula is C19H24N4O3S. The summed E-state index contributed by atoms with van der Waals surface area (Å²) in [5.74, 6) is 0.210. The number of rotatable bonds is 6. The molecule has 0 radical (unpaired) electrons. The second-order valence-electron chi connectivity index (χ2n) is 7.40. The molecule has 1 atom stereocenters. The van der Waals surface area contributed by atoms with Crippen LogP contribution in [0.4, 0.5) is 5.69 Å². The Labute approximate surface area is 159 Å². The maximum absolute atomic E-state index is 12.8. The molecule has 1 saturated heterocycles. The van der Waals surface area contributed by atoms with Gasteiger partial charge < -0.3 is 5.32 Å². The van der Waals surface area contributed by atoms with E-state index in [1.807, 2.05) is 10.9 Å². The minimum atomic E-state index is -3.57. The van der Waals surface area contributed by atoms with Crippen molar-refractivity contribution in [3.63, 3.8) is 0 Å². The van der Waals surface area contributed by atoms with E-state index < -0.39 is 10.0 Å². The molecule has 2 heterocycles. The average molecular weight is 388 g/mol. The molecule has 1 N–H and O–H groups in total. The van der Waals surface area contributed by atoms with E-state index in [1.165, 1.54) is 17.1 Å². The summed E-state index contributed by atoms with van der Waals surface area (Å²) in [5, 5.41) is 7.18. The molecule has 1 aromatic heterocycles. The number of benzene rings is 1. The fourth-order valence-electron chi connectivity index (χ4n) is 3.45. The Bertz CT molecular complexity index is 906. The van der Waals surface area contributed by atoms with E-state index in [0.29, 0.717) is 31.0 Å². The first-order valence-electron chi connectivity index (χ1n) is 9.41. The van der Waals surface area contributed by atoms with Crippen molar-refractivity contribution in [3.05, 3.63) is 42.7 Å².